The first-order valence-corrected chi connectivity index (χ1v) is 16.2. The maximum atomic E-state index is 13.1. The van der Waals surface area contributed by atoms with E-state index < -0.39 is 18.0 Å². The van der Waals surface area contributed by atoms with Gasteiger partial charge in [0.25, 0.3) is 11.8 Å². The molecule has 10 nitrogen and oxygen atoms in total. The third kappa shape index (κ3) is 8.85. The van der Waals surface area contributed by atoms with E-state index in [0.717, 1.165) is 41.7 Å². The van der Waals surface area contributed by atoms with Crippen LogP contribution >= 0.6 is 11.3 Å². The first-order valence-electron chi connectivity index (χ1n) is 15.4. The van der Waals surface area contributed by atoms with E-state index in [0.29, 0.717) is 52.5 Å². The molecule has 0 spiro atoms. The highest BCUT2D eigenvalue weighted by atomic mass is 32.1. The Morgan fingerprint density at radius 1 is 1.04 bits per heavy atom. The molecule has 1 aromatic heterocycles. The van der Waals surface area contributed by atoms with Crippen molar-refractivity contribution in [2.45, 2.75) is 66.4 Å². The Hall–Kier alpha value is -4.38. The largest absolute Gasteiger partial charge is 0.490 e. The molecule has 0 bridgehead atoms. The van der Waals surface area contributed by atoms with Crippen LogP contribution in [0.2, 0.25) is 0 Å². The molecule has 0 saturated heterocycles. The summed E-state index contributed by atoms with van der Waals surface area (Å²) < 4.78 is 22.5. The zero-order valence-corrected chi connectivity index (χ0v) is 27.3. The lowest BCUT2D eigenvalue weighted by molar-refractivity contribution is -0.127. The molecule has 1 aliphatic carbocycles. The number of amides is 2. The predicted molar refractivity (Wildman–Crippen MR) is 175 cm³/mol. The summed E-state index contributed by atoms with van der Waals surface area (Å²) in [7, 11) is 0. The van der Waals surface area contributed by atoms with Crippen LogP contribution in [0.1, 0.15) is 84.2 Å². The van der Waals surface area contributed by atoms with Gasteiger partial charge in [-0.15, -0.1) is 11.3 Å². The van der Waals surface area contributed by atoms with Crippen LogP contribution in [0.3, 0.4) is 0 Å². The second kappa shape index (κ2) is 16.1. The molecule has 0 radical (unpaired) electrons. The Bertz CT molecular complexity index is 1520. The minimum absolute atomic E-state index is 0.260. The number of nitrogens with zero attached hydrogens (tertiary/aromatic N) is 1. The van der Waals surface area contributed by atoms with Crippen LogP contribution in [0.15, 0.2) is 47.6 Å². The number of rotatable bonds is 14. The quantitative estimate of drug-likeness (QED) is 0.119. The summed E-state index contributed by atoms with van der Waals surface area (Å²) in [6, 6.07) is 11.9. The van der Waals surface area contributed by atoms with Crippen LogP contribution in [0.4, 0.5) is 5.00 Å². The first kappa shape index (κ1) is 33.5. The van der Waals surface area contributed by atoms with Crippen molar-refractivity contribution in [2.24, 2.45) is 11.0 Å². The number of carbonyl (C=O) groups is 3. The molecule has 0 aliphatic heterocycles. The second-order valence-corrected chi connectivity index (χ2v) is 11.8. The van der Waals surface area contributed by atoms with E-state index in [2.05, 4.69) is 22.8 Å². The van der Waals surface area contributed by atoms with Crippen molar-refractivity contribution in [1.29, 1.82) is 0 Å². The fourth-order valence-electron chi connectivity index (χ4n) is 4.84. The van der Waals surface area contributed by atoms with Gasteiger partial charge in [0.05, 0.1) is 31.6 Å². The molecule has 4 rings (SSSR count). The number of esters is 1. The fraction of sp³-hybridized carbons (Fsp3) is 0.412. The van der Waals surface area contributed by atoms with Crippen LogP contribution in [-0.4, -0.2) is 49.9 Å². The standard InChI is InChI=1S/C34H41N3O7S/c1-6-17-43-27-16-10-23(19-28(27)41-7-2)20-35-37-31(38)22(5)44-25-13-11-24(12-14-25)32(39)36-33-30(34(40)42-8-3)26-15-9-21(4)18-29(26)45-33/h10-14,16,19-22H,6-9,15,17-18H2,1-5H3,(H,36,39)(H,37,38)/b35-20-/t21-,22-/m1/s1. The summed E-state index contributed by atoms with van der Waals surface area (Å²) >= 11 is 1.44. The lowest BCUT2D eigenvalue weighted by Crippen LogP contribution is -2.33. The normalized spacial score (nSPS) is 14.7. The Kier molecular flexibility index (Phi) is 12.0. The molecular weight excluding hydrogens is 594 g/mol. The molecule has 2 N–H and O–H groups in total. The zero-order chi connectivity index (χ0) is 32.3. The van der Waals surface area contributed by atoms with Crippen LogP contribution in [-0.2, 0) is 22.4 Å². The molecule has 11 heteroatoms. The van der Waals surface area contributed by atoms with Gasteiger partial charge in [-0.2, -0.15) is 5.10 Å². The van der Waals surface area contributed by atoms with Crippen LogP contribution < -0.4 is 25.0 Å². The molecule has 1 aliphatic rings. The van der Waals surface area contributed by atoms with Crippen LogP contribution in [0, 0.1) is 5.92 Å². The number of hydrazone groups is 1. The van der Waals surface area contributed by atoms with Gasteiger partial charge in [0.2, 0.25) is 0 Å². The number of hydrogen-bond acceptors (Lipinski definition) is 9. The van der Waals surface area contributed by atoms with Crippen molar-refractivity contribution in [1.82, 2.24) is 5.43 Å². The predicted octanol–water partition coefficient (Wildman–Crippen LogP) is 6.41. The fourth-order valence-corrected chi connectivity index (χ4v) is 6.24. The summed E-state index contributed by atoms with van der Waals surface area (Å²) in [6.07, 6.45) is 4.21. The van der Waals surface area contributed by atoms with Gasteiger partial charge in [0.15, 0.2) is 17.6 Å². The molecule has 2 amide bonds. The van der Waals surface area contributed by atoms with Crippen LogP contribution in [0.25, 0.3) is 0 Å². The number of anilines is 1. The van der Waals surface area contributed by atoms with Gasteiger partial charge in [0, 0.05) is 10.4 Å². The number of benzene rings is 2. The molecule has 2 aromatic carbocycles. The van der Waals surface area contributed by atoms with E-state index in [-0.39, 0.29) is 12.5 Å². The second-order valence-electron chi connectivity index (χ2n) is 10.7. The smallest absolute Gasteiger partial charge is 0.341 e. The Labute approximate surface area is 268 Å². The van der Waals surface area contributed by atoms with E-state index in [1.165, 1.54) is 17.6 Å². The van der Waals surface area contributed by atoms with Crippen LogP contribution in [0.5, 0.6) is 17.2 Å². The van der Waals surface area contributed by atoms with E-state index in [9.17, 15) is 14.4 Å². The van der Waals surface area contributed by atoms with Gasteiger partial charge in [0.1, 0.15) is 10.8 Å². The molecule has 0 fully saturated rings. The van der Waals surface area contributed by atoms with Crippen molar-refractivity contribution in [3.05, 3.63) is 69.6 Å². The number of carbonyl (C=O) groups excluding carboxylic acids is 3. The molecule has 3 aromatic rings. The number of nitrogens with one attached hydrogen (secondary N) is 2. The third-order valence-electron chi connectivity index (χ3n) is 7.13. The summed E-state index contributed by atoms with van der Waals surface area (Å²) in [5.41, 5.74) is 5.05. The average molecular weight is 636 g/mol. The Morgan fingerprint density at radius 2 is 1.82 bits per heavy atom. The lowest BCUT2D eigenvalue weighted by Gasteiger charge is -2.18. The minimum Gasteiger partial charge on any atom is -0.490 e. The topological polar surface area (TPSA) is 125 Å². The van der Waals surface area contributed by atoms with Gasteiger partial charge in [-0.3, -0.25) is 9.59 Å². The van der Waals surface area contributed by atoms with Crippen molar-refractivity contribution >= 4 is 40.3 Å². The molecule has 1 heterocycles. The van der Waals surface area contributed by atoms with Crippen molar-refractivity contribution < 1.29 is 33.3 Å². The van der Waals surface area contributed by atoms with Gasteiger partial charge in [-0.25, -0.2) is 10.2 Å². The zero-order valence-electron chi connectivity index (χ0n) is 26.4. The van der Waals surface area contributed by atoms with Crippen molar-refractivity contribution in [2.75, 3.05) is 25.1 Å². The Morgan fingerprint density at radius 3 is 2.53 bits per heavy atom. The highest BCUT2D eigenvalue weighted by Gasteiger charge is 2.29. The number of fused-ring (bicyclic) bond motifs is 1. The van der Waals surface area contributed by atoms with Crippen molar-refractivity contribution in [3.8, 4) is 17.2 Å². The third-order valence-corrected chi connectivity index (χ3v) is 8.30. The average Bonchev–Trinajstić information content (AvgIpc) is 3.37. The summed E-state index contributed by atoms with van der Waals surface area (Å²) in [6.45, 7) is 10.8. The van der Waals surface area contributed by atoms with Gasteiger partial charge in [-0.1, -0.05) is 13.8 Å². The summed E-state index contributed by atoms with van der Waals surface area (Å²) in [5, 5.41) is 7.48. The lowest BCUT2D eigenvalue weighted by atomic mass is 9.88. The summed E-state index contributed by atoms with van der Waals surface area (Å²) in [5.74, 6) is 1.00. The highest BCUT2D eigenvalue weighted by Crippen LogP contribution is 2.40. The maximum Gasteiger partial charge on any atom is 0.341 e. The highest BCUT2D eigenvalue weighted by molar-refractivity contribution is 7.17. The van der Waals surface area contributed by atoms with Gasteiger partial charge < -0.3 is 24.3 Å². The van der Waals surface area contributed by atoms with E-state index >= 15 is 0 Å². The number of thiophene rings is 1. The first-order chi connectivity index (χ1) is 21.7. The summed E-state index contributed by atoms with van der Waals surface area (Å²) in [4.78, 5) is 39.6. The molecule has 240 valence electrons. The minimum atomic E-state index is -0.849. The SMILES string of the molecule is CCCOc1ccc(/C=N\NC(=O)[C@@H](C)Oc2ccc(C(=O)Nc3sc4c(c3C(=O)OCC)CC[C@@H](C)C4)cc2)cc1OCC. The molecular formula is C34H41N3O7S. The van der Waals surface area contributed by atoms with Gasteiger partial charge in [-0.05, 0) is 106 Å². The molecule has 2 atom stereocenters. The molecule has 45 heavy (non-hydrogen) atoms. The van der Waals surface area contributed by atoms with E-state index in [1.54, 1.807) is 44.2 Å². The Balaban J connectivity index is 1.34. The molecule has 0 unspecified atom stereocenters. The van der Waals surface area contributed by atoms with Crippen molar-refractivity contribution in [3.63, 3.8) is 0 Å². The van der Waals surface area contributed by atoms with E-state index in [1.807, 2.05) is 26.0 Å². The maximum absolute atomic E-state index is 13.1. The van der Waals surface area contributed by atoms with Gasteiger partial charge >= 0.3 is 5.97 Å². The number of ether oxygens (including phenoxy) is 4. The van der Waals surface area contributed by atoms with E-state index in [4.69, 9.17) is 18.9 Å². The number of hydrogen-bond donors (Lipinski definition) is 2. The molecule has 0 saturated carbocycles. The monoisotopic (exact) mass is 635 g/mol.